The summed E-state index contributed by atoms with van der Waals surface area (Å²) < 4.78 is 11.8. The standard InChI is InChI=1S/C25H33BrO4Si/c1-16(2)31(17(3)4,18(5)6)30-22-13-11-20(12-14-22)25(28)24(26)21-9-8-10-23(15-21)29-19(7)27/h8-18,24H,1-7H3. The molecule has 0 aliphatic heterocycles. The minimum Gasteiger partial charge on any atom is -0.543 e. The van der Waals surface area contributed by atoms with Crippen molar-refractivity contribution in [2.75, 3.05) is 0 Å². The number of hydrogen-bond donors (Lipinski definition) is 0. The van der Waals surface area contributed by atoms with E-state index in [1.165, 1.54) is 6.92 Å². The van der Waals surface area contributed by atoms with Gasteiger partial charge in [0.1, 0.15) is 16.3 Å². The number of carbonyl (C=O) groups excluding carboxylic acids is 2. The Balaban J connectivity index is 2.22. The number of halogens is 1. The minimum absolute atomic E-state index is 0.0633. The zero-order chi connectivity index (χ0) is 23.3. The van der Waals surface area contributed by atoms with E-state index in [1.54, 1.807) is 18.2 Å². The third-order valence-corrected chi connectivity index (χ3v) is 12.7. The second kappa shape index (κ2) is 10.6. The molecular weight excluding hydrogens is 472 g/mol. The summed E-state index contributed by atoms with van der Waals surface area (Å²) in [6.07, 6.45) is 0. The van der Waals surface area contributed by atoms with E-state index in [2.05, 4.69) is 57.5 Å². The molecule has 2 aromatic carbocycles. The van der Waals surface area contributed by atoms with Crippen molar-refractivity contribution in [3.63, 3.8) is 0 Å². The van der Waals surface area contributed by atoms with Crippen LogP contribution in [0.5, 0.6) is 11.5 Å². The van der Waals surface area contributed by atoms with Gasteiger partial charge in [0.05, 0.1) is 0 Å². The molecule has 0 radical (unpaired) electrons. The summed E-state index contributed by atoms with van der Waals surface area (Å²) in [5.74, 6) is 0.784. The van der Waals surface area contributed by atoms with Crippen LogP contribution in [0.15, 0.2) is 48.5 Å². The van der Waals surface area contributed by atoms with Crippen molar-refractivity contribution in [3.05, 3.63) is 59.7 Å². The Morgan fingerprint density at radius 2 is 1.39 bits per heavy atom. The van der Waals surface area contributed by atoms with Gasteiger partial charge in [-0.2, -0.15) is 0 Å². The molecule has 0 fully saturated rings. The van der Waals surface area contributed by atoms with Gasteiger partial charge in [0.25, 0.3) is 8.32 Å². The summed E-state index contributed by atoms with van der Waals surface area (Å²) in [5, 5.41) is 0. The molecule has 0 aliphatic rings. The maximum atomic E-state index is 13.0. The van der Waals surface area contributed by atoms with Crippen LogP contribution in [0.1, 0.15) is 69.2 Å². The Labute approximate surface area is 195 Å². The van der Waals surface area contributed by atoms with Crippen molar-refractivity contribution in [1.29, 1.82) is 0 Å². The first kappa shape index (κ1) is 25.3. The second-order valence-corrected chi connectivity index (χ2v) is 15.1. The van der Waals surface area contributed by atoms with E-state index < -0.39 is 19.1 Å². The molecule has 0 saturated heterocycles. The molecule has 31 heavy (non-hydrogen) atoms. The fraction of sp³-hybridized carbons (Fsp3) is 0.440. The first-order valence-corrected chi connectivity index (χ1v) is 13.8. The van der Waals surface area contributed by atoms with Crippen molar-refractivity contribution in [3.8, 4) is 11.5 Å². The average Bonchev–Trinajstić information content (AvgIpc) is 2.70. The molecule has 0 aliphatic carbocycles. The topological polar surface area (TPSA) is 52.6 Å². The predicted molar refractivity (Wildman–Crippen MR) is 132 cm³/mol. The van der Waals surface area contributed by atoms with Gasteiger partial charge in [-0.3, -0.25) is 9.59 Å². The molecule has 0 heterocycles. The molecule has 1 atom stereocenters. The third kappa shape index (κ3) is 5.86. The number of benzene rings is 2. The minimum atomic E-state index is -2.04. The van der Waals surface area contributed by atoms with Crippen molar-refractivity contribution in [2.24, 2.45) is 0 Å². The summed E-state index contributed by atoms with van der Waals surface area (Å²) in [6.45, 7) is 14.9. The van der Waals surface area contributed by atoms with Crippen LogP contribution in [0, 0.1) is 0 Å². The molecule has 168 valence electrons. The smallest absolute Gasteiger partial charge is 0.308 e. The van der Waals surface area contributed by atoms with E-state index in [0.717, 1.165) is 11.3 Å². The maximum Gasteiger partial charge on any atom is 0.308 e. The number of ether oxygens (including phenoxy) is 1. The summed E-state index contributed by atoms with van der Waals surface area (Å²) in [5.41, 5.74) is 2.76. The highest BCUT2D eigenvalue weighted by molar-refractivity contribution is 9.09. The highest BCUT2D eigenvalue weighted by Gasteiger charge is 2.46. The zero-order valence-electron chi connectivity index (χ0n) is 19.4. The van der Waals surface area contributed by atoms with E-state index in [0.29, 0.717) is 27.9 Å². The van der Waals surface area contributed by atoms with Gasteiger partial charge >= 0.3 is 5.97 Å². The Morgan fingerprint density at radius 1 is 0.839 bits per heavy atom. The largest absolute Gasteiger partial charge is 0.543 e. The fourth-order valence-electron chi connectivity index (χ4n) is 4.44. The maximum absolute atomic E-state index is 13.0. The molecule has 0 N–H and O–H groups in total. The summed E-state index contributed by atoms with van der Waals surface area (Å²) >= 11 is 3.50. The van der Waals surface area contributed by atoms with Gasteiger partial charge in [-0.1, -0.05) is 69.6 Å². The van der Waals surface area contributed by atoms with Crippen LogP contribution < -0.4 is 9.16 Å². The van der Waals surface area contributed by atoms with Gasteiger partial charge in [-0.25, -0.2) is 0 Å². The van der Waals surface area contributed by atoms with Gasteiger partial charge in [0.15, 0.2) is 5.78 Å². The summed E-state index contributed by atoms with van der Waals surface area (Å²) in [4.78, 5) is 23.7. The van der Waals surface area contributed by atoms with Crippen LogP contribution in [-0.2, 0) is 4.79 Å². The Hall–Kier alpha value is -1.92. The van der Waals surface area contributed by atoms with E-state index in [1.807, 2.05) is 30.3 Å². The normalized spacial score (nSPS) is 12.9. The van der Waals surface area contributed by atoms with Crippen molar-refractivity contribution in [1.82, 2.24) is 0 Å². The van der Waals surface area contributed by atoms with Crippen LogP contribution in [-0.4, -0.2) is 20.1 Å². The van der Waals surface area contributed by atoms with Crippen molar-refractivity contribution in [2.45, 2.75) is 69.9 Å². The van der Waals surface area contributed by atoms with Gasteiger partial charge in [0.2, 0.25) is 0 Å². The lowest BCUT2D eigenvalue weighted by Gasteiger charge is -2.42. The number of ketones is 1. The molecular formula is C25H33BrO4Si. The molecule has 1 unspecified atom stereocenters. The molecule has 0 spiro atoms. The zero-order valence-corrected chi connectivity index (χ0v) is 22.0. The summed E-state index contributed by atoms with van der Waals surface area (Å²) in [7, 11) is -2.04. The predicted octanol–water partition coefficient (Wildman–Crippen LogP) is 7.49. The molecule has 0 saturated carbocycles. The van der Waals surface area contributed by atoms with Crippen LogP contribution in [0.3, 0.4) is 0 Å². The fourth-order valence-corrected chi connectivity index (χ4v) is 10.2. The SMILES string of the molecule is CC(=O)Oc1cccc(C(Br)C(=O)c2ccc(O[Si](C(C)C)(C(C)C)C(C)C)cc2)c1. The number of Topliss-reactive ketones (excluding diaryl/α,β-unsaturated/α-hetero) is 1. The Kier molecular flexibility index (Phi) is 8.66. The number of alkyl halides is 1. The number of esters is 1. The number of hydrogen-bond acceptors (Lipinski definition) is 4. The van der Waals surface area contributed by atoms with Gasteiger partial charge in [0, 0.05) is 12.5 Å². The molecule has 0 aromatic heterocycles. The van der Waals surface area contributed by atoms with Gasteiger partial charge < -0.3 is 9.16 Å². The molecule has 0 amide bonds. The van der Waals surface area contributed by atoms with Gasteiger partial charge in [-0.15, -0.1) is 0 Å². The van der Waals surface area contributed by atoms with Crippen molar-refractivity contribution >= 4 is 36.0 Å². The van der Waals surface area contributed by atoms with Crippen LogP contribution in [0.25, 0.3) is 0 Å². The lowest BCUT2D eigenvalue weighted by molar-refractivity contribution is -0.131. The highest BCUT2D eigenvalue weighted by atomic mass is 79.9. The van der Waals surface area contributed by atoms with Gasteiger partial charge in [-0.05, 0) is 58.6 Å². The van der Waals surface area contributed by atoms with Crippen LogP contribution in [0.4, 0.5) is 0 Å². The number of carbonyl (C=O) groups is 2. The molecule has 4 nitrogen and oxygen atoms in total. The molecule has 0 bridgehead atoms. The van der Waals surface area contributed by atoms with E-state index in [9.17, 15) is 9.59 Å². The highest BCUT2D eigenvalue weighted by Crippen LogP contribution is 2.42. The monoisotopic (exact) mass is 504 g/mol. The third-order valence-electron chi connectivity index (χ3n) is 5.78. The first-order valence-electron chi connectivity index (χ1n) is 10.7. The van der Waals surface area contributed by atoms with E-state index in [4.69, 9.17) is 9.16 Å². The average molecular weight is 506 g/mol. The van der Waals surface area contributed by atoms with Crippen LogP contribution in [0.2, 0.25) is 16.6 Å². The van der Waals surface area contributed by atoms with Crippen LogP contribution >= 0.6 is 15.9 Å². The van der Waals surface area contributed by atoms with Crippen molar-refractivity contribution < 1.29 is 18.8 Å². The lowest BCUT2D eigenvalue weighted by atomic mass is 10.0. The van der Waals surface area contributed by atoms with E-state index in [-0.39, 0.29) is 5.78 Å². The lowest BCUT2D eigenvalue weighted by Crippen LogP contribution is -2.50. The molecule has 2 rings (SSSR count). The number of rotatable bonds is 9. The Morgan fingerprint density at radius 3 is 1.87 bits per heavy atom. The Bertz CT molecular complexity index is 884. The van der Waals surface area contributed by atoms with E-state index >= 15 is 0 Å². The second-order valence-electron chi connectivity index (χ2n) is 8.84. The quantitative estimate of drug-likeness (QED) is 0.117. The molecule has 2 aromatic rings. The first-order chi connectivity index (χ1) is 14.5. The molecule has 6 heteroatoms. The summed E-state index contributed by atoms with van der Waals surface area (Å²) in [6, 6.07) is 14.4.